The zero-order valence-electron chi connectivity index (χ0n) is 14.9. The molecule has 2 aromatic rings. The van der Waals surface area contributed by atoms with Gasteiger partial charge in [0.2, 0.25) is 5.91 Å². The van der Waals surface area contributed by atoms with Crippen molar-refractivity contribution in [2.75, 3.05) is 11.9 Å². The molecule has 152 valence electrons. The van der Waals surface area contributed by atoms with Gasteiger partial charge in [-0.15, -0.1) is 0 Å². The van der Waals surface area contributed by atoms with Crippen LogP contribution in [0.15, 0.2) is 38.5 Å². The molecule has 0 saturated heterocycles. The topological polar surface area (TPSA) is 207 Å². The highest BCUT2D eigenvalue weighted by atomic mass is 31.2. The van der Waals surface area contributed by atoms with Crippen molar-refractivity contribution in [1.29, 1.82) is 0 Å². The number of carbonyl (C=O) groups is 1. The fourth-order valence-corrected chi connectivity index (χ4v) is 3.25. The van der Waals surface area contributed by atoms with E-state index in [0.29, 0.717) is 30.5 Å². The number of aliphatic imine (C=N–C) groups is 1. The Morgan fingerprint density at radius 1 is 1.29 bits per heavy atom. The number of guanidine groups is 1. The fourth-order valence-electron chi connectivity index (χ4n) is 2.55. The van der Waals surface area contributed by atoms with Crippen LogP contribution in [0.2, 0.25) is 0 Å². The maximum atomic E-state index is 12.2. The number of nitrogens with one attached hydrogen (secondary N) is 1. The van der Waals surface area contributed by atoms with E-state index in [4.69, 9.17) is 31.4 Å². The number of hydrogen-bond acceptors (Lipinski definition) is 6. The molecule has 1 aromatic carbocycles. The first-order valence-corrected chi connectivity index (χ1v) is 10.1. The van der Waals surface area contributed by atoms with Crippen molar-refractivity contribution in [3.63, 3.8) is 0 Å². The van der Waals surface area contributed by atoms with E-state index in [0.717, 1.165) is 6.07 Å². The van der Waals surface area contributed by atoms with Gasteiger partial charge in [-0.3, -0.25) is 14.4 Å². The van der Waals surface area contributed by atoms with Crippen molar-refractivity contribution >= 4 is 36.1 Å². The van der Waals surface area contributed by atoms with E-state index in [1.54, 1.807) is 0 Å². The third kappa shape index (κ3) is 6.46. The maximum absolute atomic E-state index is 12.2. The molecule has 0 spiro atoms. The average Bonchev–Trinajstić information content (AvgIpc) is 2.56. The minimum absolute atomic E-state index is 0.0335. The van der Waals surface area contributed by atoms with Crippen LogP contribution >= 0.6 is 7.60 Å². The summed E-state index contributed by atoms with van der Waals surface area (Å²) in [6, 6.07) is 4.66. The highest BCUT2D eigenvalue weighted by molar-refractivity contribution is 7.50. The second-order valence-electron chi connectivity index (χ2n) is 6.17. The van der Waals surface area contributed by atoms with Crippen molar-refractivity contribution in [2.45, 2.75) is 25.0 Å². The zero-order chi connectivity index (χ0) is 20.9. The number of benzene rings is 1. The molecular weight excluding hydrogens is 389 g/mol. The predicted octanol–water partition coefficient (Wildman–Crippen LogP) is -0.210. The highest BCUT2D eigenvalue weighted by Gasteiger charge is 2.18. The first-order chi connectivity index (χ1) is 13.0. The molecular formula is C16H22N5O6P. The lowest BCUT2D eigenvalue weighted by Crippen LogP contribution is -2.35. The summed E-state index contributed by atoms with van der Waals surface area (Å²) in [5, 5.41) is 2.97. The lowest BCUT2D eigenvalue weighted by Gasteiger charge is -2.13. The molecule has 1 aromatic heterocycles. The summed E-state index contributed by atoms with van der Waals surface area (Å²) in [5.74, 6) is -0.480. The van der Waals surface area contributed by atoms with Gasteiger partial charge in [0, 0.05) is 29.8 Å². The van der Waals surface area contributed by atoms with E-state index in [1.807, 2.05) is 0 Å². The van der Waals surface area contributed by atoms with Gasteiger partial charge in [-0.25, -0.2) is 4.79 Å². The monoisotopic (exact) mass is 411 g/mol. The number of hydrogen-bond donors (Lipinski definition) is 6. The van der Waals surface area contributed by atoms with Gasteiger partial charge in [0.25, 0.3) is 0 Å². The van der Waals surface area contributed by atoms with E-state index < -0.39 is 31.3 Å². The van der Waals surface area contributed by atoms with Crippen LogP contribution in [-0.4, -0.2) is 34.2 Å². The van der Waals surface area contributed by atoms with Crippen LogP contribution in [0, 0.1) is 0 Å². The Balaban J connectivity index is 2.13. The van der Waals surface area contributed by atoms with Crippen LogP contribution in [-0.2, 0) is 15.5 Å². The van der Waals surface area contributed by atoms with Crippen LogP contribution in [0.3, 0.4) is 0 Å². The standard InChI is InChI=1S/C16H22N5O6P/c17-12(2-1-5-20-16(18)19)15(23)21-10-3-4-11-9(8-28(24,25)26)6-14(22)27-13(11)7-10/h3-4,6-7,12H,1-2,5,8,17H2,(H,21,23)(H4,18,19,20)(H2,24,25,26)/t12-/m0/s1. The van der Waals surface area contributed by atoms with E-state index in [1.165, 1.54) is 18.2 Å². The number of carbonyl (C=O) groups excluding carboxylic acids is 1. The molecule has 0 fully saturated rings. The number of rotatable bonds is 8. The van der Waals surface area contributed by atoms with Crippen LogP contribution < -0.4 is 28.1 Å². The molecule has 0 saturated carbocycles. The van der Waals surface area contributed by atoms with E-state index in [2.05, 4.69) is 10.3 Å². The molecule has 0 aliphatic rings. The summed E-state index contributed by atoms with van der Waals surface area (Å²) in [7, 11) is -4.37. The lowest BCUT2D eigenvalue weighted by atomic mass is 10.1. The second kappa shape index (κ2) is 8.98. The van der Waals surface area contributed by atoms with Gasteiger partial charge < -0.3 is 36.7 Å². The van der Waals surface area contributed by atoms with Gasteiger partial charge in [-0.1, -0.05) is 0 Å². The molecule has 0 radical (unpaired) electrons. The van der Waals surface area contributed by atoms with Gasteiger partial charge in [0.15, 0.2) is 5.96 Å². The molecule has 0 aliphatic heterocycles. The summed E-state index contributed by atoms with van der Waals surface area (Å²) in [6.45, 7) is 0.354. The molecule has 28 heavy (non-hydrogen) atoms. The number of nitrogens with two attached hydrogens (primary N) is 3. The Morgan fingerprint density at radius 2 is 2.00 bits per heavy atom. The number of amides is 1. The number of anilines is 1. The average molecular weight is 411 g/mol. The van der Waals surface area contributed by atoms with Crippen LogP contribution in [0.1, 0.15) is 18.4 Å². The summed E-state index contributed by atoms with van der Waals surface area (Å²) < 4.78 is 16.3. The first-order valence-electron chi connectivity index (χ1n) is 8.28. The zero-order valence-corrected chi connectivity index (χ0v) is 15.8. The number of fused-ring (bicyclic) bond motifs is 1. The third-order valence-electron chi connectivity index (χ3n) is 3.78. The molecule has 1 atom stereocenters. The summed E-state index contributed by atoms with van der Waals surface area (Å²) in [4.78, 5) is 46.0. The predicted molar refractivity (Wildman–Crippen MR) is 105 cm³/mol. The van der Waals surface area contributed by atoms with Crippen LogP contribution in [0.4, 0.5) is 5.69 Å². The van der Waals surface area contributed by atoms with E-state index >= 15 is 0 Å². The van der Waals surface area contributed by atoms with Crippen molar-refractivity contribution in [1.82, 2.24) is 0 Å². The summed E-state index contributed by atoms with van der Waals surface area (Å²) >= 11 is 0. The summed E-state index contributed by atoms with van der Waals surface area (Å²) in [5.41, 5.74) is 16.1. The van der Waals surface area contributed by atoms with Crippen LogP contribution in [0.25, 0.3) is 11.0 Å². The van der Waals surface area contributed by atoms with Crippen molar-refractivity contribution in [3.8, 4) is 0 Å². The first kappa shape index (κ1) is 21.6. The normalized spacial score (nSPS) is 12.5. The Morgan fingerprint density at radius 3 is 2.64 bits per heavy atom. The van der Waals surface area contributed by atoms with Gasteiger partial charge in [0.1, 0.15) is 5.58 Å². The number of nitrogens with zero attached hydrogens (tertiary/aromatic N) is 1. The Labute approximate surface area is 159 Å². The molecule has 1 amide bonds. The van der Waals surface area contributed by atoms with Gasteiger partial charge in [-0.2, -0.15) is 0 Å². The molecule has 1 heterocycles. The maximum Gasteiger partial charge on any atom is 0.336 e. The van der Waals surface area contributed by atoms with E-state index in [-0.39, 0.29) is 17.1 Å². The molecule has 0 bridgehead atoms. The lowest BCUT2D eigenvalue weighted by molar-refractivity contribution is -0.117. The van der Waals surface area contributed by atoms with Crippen molar-refractivity contribution in [3.05, 3.63) is 40.2 Å². The molecule has 2 rings (SSSR count). The van der Waals surface area contributed by atoms with Gasteiger partial charge in [0.05, 0.1) is 12.2 Å². The van der Waals surface area contributed by atoms with Crippen molar-refractivity contribution in [2.24, 2.45) is 22.2 Å². The van der Waals surface area contributed by atoms with Gasteiger partial charge >= 0.3 is 13.2 Å². The van der Waals surface area contributed by atoms with E-state index in [9.17, 15) is 14.2 Å². The molecule has 12 heteroatoms. The molecule has 0 unspecified atom stereocenters. The summed E-state index contributed by atoms with van der Waals surface area (Å²) in [6.07, 6.45) is 0.282. The van der Waals surface area contributed by atoms with Crippen LogP contribution in [0.5, 0.6) is 0 Å². The molecule has 0 aliphatic carbocycles. The Bertz CT molecular complexity index is 995. The highest BCUT2D eigenvalue weighted by Crippen LogP contribution is 2.40. The molecule has 9 N–H and O–H groups in total. The minimum Gasteiger partial charge on any atom is -0.423 e. The SMILES string of the molecule is NC(N)=NCCC[C@H](N)C(=O)Nc1ccc2c(CP(=O)(O)O)cc(=O)oc2c1. The minimum atomic E-state index is -4.37. The smallest absolute Gasteiger partial charge is 0.336 e. The molecule has 11 nitrogen and oxygen atoms in total. The second-order valence-corrected chi connectivity index (χ2v) is 7.81. The fraction of sp³-hybridized carbons (Fsp3) is 0.312. The Hall–Kier alpha value is -2.72. The quantitative estimate of drug-likeness (QED) is 0.111. The third-order valence-corrected chi connectivity index (χ3v) is 4.53. The largest absolute Gasteiger partial charge is 0.423 e. The van der Waals surface area contributed by atoms with Gasteiger partial charge in [-0.05, 0) is 30.5 Å². The Kier molecular flexibility index (Phi) is 6.92. The van der Waals surface area contributed by atoms with Crippen molar-refractivity contribution < 1.29 is 23.6 Å².